The van der Waals surface area contributed by atoms with E-state index in [4.69, 9.17) is 22.3 Å². The second kappa shape index (κ2) is 6.15. The second-order valence-corrected chi connectivity index (χ2v) is 8.33. The zero-order chi connectivity index (χ0) is 15.8. The van der Waals surface area contributed by atoms with Gasteiger partial charge >= 0.3 is 0 Å². The molecule has 21 heavy (non-hydrogen) atoms. The number of hydrogen-bond donors (Lipinski definition) is 1. The van der Waals surface area contributed by atoms with Crippen LogP contribution in [0.2, 0.25) is 5.02 Å². The minimum Gasteiger partial charge on any atom is -0.349 e. The number of nitrogens with one attached hydrogen (secondary N) is 1. The van der Waals surface area contributed by atoms with E-state index in [2.05, 4.69) is 12.2 Å². The fourth-order valence-corrected chi connectivity index (χ4v) is 3.90. The van der Waals surface area contributed by atoms with E-state index in [0.717, 1.165) is 19.3 Å². The quantitative estimate of drug-likeness (QED) is 0.827. The molecule has 0 heterocycles. The highest BCUT2D eigenvalue weighted by molar-refractivity contribution is 8.13. The van der Waals surface area contributed by atoms with Crippen molar-refractivity contribution in [3.63, 3.8) is 0 Å². The van der Waals surface area contributed by atoms with E-state index in [0.29, 0.717) is 11.5 Å². The first-order valence-electron chi connectivity index (χ1n) is 6.79. The van der Waals surface area contributed by atoms with Gasteiger partial charge in [0, 0.05) is 27.3 Å². The predicted molar refractivity (Wildman–Crippen MR) is 83.5 cm³/mol. The van der Waals surface area contributed by atoms with Crippen LogP contribution in [0, 0.1) is 12.8 Å². The molecule has 1 aliphatic carbocycles. The van der Waals surface area contributed by atoms with Gasteiger partial charge in [-0.3, -0.25) is 4.79 Å². The maximum absolute atomic E-state index is 12.2. The average Bonchev–Trinajstić information content (AvgIpc) is 3.09. The topological polar surface area (TPSA) is 63.2 Å². The van der Waals surface area contributed by atoms with Crippen molar-refractivity contribution in [2.75, 3.05) is 0 Å². The lowest BCUT2D eigenvalue weighted by atomic mass is 10.1. The summed E-state index contributed by atoms with van der Waals surface area (Å²) >= 11 is 6.00. The molecule has 1 aliphatic rings. The van der Waals surface area contributed by atoms with Crippen LogP contribution in [-0.2, 0) is 9.05 Å². The number of halogens is 2. The highest BCUT2D eigenvalue weighted by Crippen LogP contribution is 2.35. The van der Waals surface area contributed by atoms with Gasteiger partial charge in [-0.25, -0.2) is 8.42 Å². The van der Waals surface area contributed by atoms with E-state index in [1.165, 1.54) is 12.1 Å². The zero-order valence-corrected chi connectivity index (χ0v) is 14.1. The maximum atomic E-state index is 12.2. The lowest BCUT2D eigenvalue weighted by Crippen LogP contribution is -2.27. The van der Waals surface area contributed by atoms with Gasteiger partial charge in [-0.1, -0.05) is 24.9 Å². The maximum Gasteiger partial charge on any atom is 0.261 e. The molecular formula is C14H17Cl2NO3S. The largest absolute Gasteiger partial charge is 0.349 e. The summed E-state index contributed by atoms with van der Waals surface area (Å²) in [5.74, 6) is 0.207. The van der Waals surface area contributed by atoms with Gasteiger partial charge in [0.1, 0.15) is 0 Å². The first-order chi connectivity index (χ1) is 9.74. The van der Waals surface area contributed by atoms with Crippen LogP contribution in [0.3, 0.4) is 0 Å². The van der Waals surface area contributed by atoms with Crippen LogP contribution in [0.4, 0.5) is 0 Å². The Labute approximate surface area is 134 Å². The van der Waals surface area contributed by atoms with Crippen molar-refractivity contribution in [2.24, 2.45) is 5.92 Å². The van der Waals surface area contributed by atoms with Gasteiger partial charge in [-0.2, -0.15) is 0 Å². The molecule has 1 fully saturated rings. The van der Waals surface area contributed by atoms with E-state index < -0.39 is 9.05 Å². The summed E-state index contributed by atoms with van der Waals surface area (Å²) in [6.07, 6.45) is 3.14. The van der Waals surface area contributed by atoms with Gasteiger partial charge in [-0.15, -0.1) is 0 Å². The summed E-state index contributed by atoms with van der Waals surface area (Å²) in [5, 5.41) is 3.11. The van der Waals surface area contributed by atoms with Gasteiger partial charge in [0.2, 0.25) is 0 Å². The molecule has 1 aromatic rings. The van der Waals surface area contributed by atoms with Crippen LogP contribution in [0.1, 0.15) is 42.1 Å². The van der Waals surface area contributed by atoms with Crippen molar-refractivity contribution < 1.29 is 13.2 Å². The van der Waals surface area contributed by atoms with Crippen LogP contribution in [0.25, 0.3) is 0 Å². The van der Waals surface area contributed by atoms with Crippen LogP contribution < -0.4 is 5.32 Å². The molecule has 0 bridgehead atoms. The van der Waals surface area contributed by atoms with Crippen LogP contribution in [-0.4, -0.2) is 20.4 Å². The van der Waals surface area contributed by atoms with Gasteiger partial charge in [0.25, 0.3) is 15.0 Å². The molecule has 0 spiro atoms. The molecule has 2 atom stereocenters. The van der Waals surface area contributed by atoms with Crippen LogP contribution in [0.5, 0.6) is 0 Å². The lowest BCUT2D eigenvalue weighted by molar-refractivity contribution is 0.0948. The summed E-state index contributed by atoms with van der Waals surface area (Å²) < 4.78 is 23.1. The number of carbonyl (C=O) groups is 1. The molecule has 0 aliphatic heterocycles. The summed E-state index contributed by atoms with van der Waals surface area (Å²) in [6.45, 7) is 3.66. The number of amides is 1. The SMILES string of the molecule is CCCC1CC1NC(=O)c1cc(Cl)c(C)c(S(=O)(=O)Cl)c1. The van der Waals surface area contributed by atoms with Crippen molar-refractivity contribution in [2.45, 2.75) is 44.0 Å². The lowest BCUT2D eigenvalue weighted by Gasteiger charge is -2.09. The zero-order valence-electron chi connectivity index (χ0n) is 11.8. The molecule has 1 aromatic carbocycles. The molecule has 1 saturated carbocycles. The smallest absolute Gasteiger partial charge is 0.261 e. The summed E-state index contributed by atoms with van der Waals surface area (Å²) in [7, 11) is 1.44. The Balaban J connectivity index is 2.21. The molecule has 1 N–H and O–H groups in total. The normalized spacial score (nSPS) is 21.1. The molecule has 7 heteroatoms. The number of rotatable bonds is 5. The van der Waals surface area contributed by atoms with Crippen molar-refractivity contribution in [1.82, 2.24) is 5.32 Å². The average molecular weight is 350 g/mol. The van der Waals surface area contributed by atoms with Gasteiger partial charge < -0.3 is 5.32 Å². The van der Waals surface area contributed by atoms with Gasteiger partial charge in [-0.05, 0) is 43.4 Å². The minimum atomic E-state index is -3.94. The number of benzene rings is 1. The first kappa shape index (κ1) is 16.6. The Bertz CT molecular complexity index is 673. The van der Waals surface area contributed by atoms with Crippen molar-refractivity contribution in [3.8, 4) is 0 Å². The first-order valence-corrected chi connectivity index (χ1v) is 9.48. The van der Waals surface area contributed by atoms with E-state index in [1.807, 2.05) is 0 Å². The van der Waals surface area contributed by atoms with Crippen molar-refractivity contribution >= 4 is 37.2 Å². The summed E-state index contributed by atoms with van der Waals surface area (Å²) in [5.41, 5.74) is 0.561. The molecule has 2 unspecified atom stereocenters. The minimum absolute atomic E-state index is 0.122. The van der Waals surface area contributed by atoms with E-state index >= 15 is 0 Å². The van der Waals surface area contributed by atoms with E-state index in [9.17, 15) is 13.2 Å². The number of hydrogen-bond acceptors (Lipinski definition) is 3. The third-order valence-electron chi connectivity index (χ3n) is 3.72. The highest BCUT2D eigenvalue weighted by atomic mass is 35.7. The molecule has 116 valence electrons. The molecular weight excluding hydrogens is 333 g/mol. The molecule has 0 aromatic heterocycles. The standard InChI is InChI=1S/C14H17Cl2NO3S/c1-3-4-9-6-12(9)17-14(18)10-5-11(15)8(2)13(7-10)21(16,19)20/h5,7,9,12H,3-4,6H2,1-2H3,(H,17,18). The molecule has 1 amide bonds. The van der Waals surface area contributed by atoms with Crippen molar-refractivity contribution in [1.29, 1.82) is 0 Å². The Morgan fingerprint density at radius 3 is 2.67 bits per heavy atom. The van der Waals surface area contributed by atoms with E-state index in [-0.39, 0.29) is 27.4 Å². The Kier molecular flexibility index (Phi) is 4.85. The highest BCUT2D eigenvalue weighted by Gasteiger charge is 2.37. The molecule has 0 saturated heterocycles. The van der Waals surface area contributed by atoms with E-state index in [1.54, 1.807) is 6.92 Å². The van der Waals surface area contributed by atoms with Gasteiger partial charge in [0.15, 0.2) is 0 Å². The van der Waals surface area contributed by atoms with Crippen LogP contribution >= 0.6 is 22.3 Å². The second-order valence-electron chi connectivity index (χ2n) is 5.38. The number of carbonyl (C=O) groups excluding carboxylic acids is 1. The third kappa shape index (κ3) is 3.90. The fraction of sp³-hybridized carbons (Fsp3) is 0.500. The predicted octanol–water partition coefficient (Wildman–Crippen LogP) is 3.49. The monoisotopic (exact) mass is 349 g/mol. The van der Waals surface area contributed by atoms with Gasteiger partial charge in [0.05, 0.1) is 4.90 Å². The Morgan fingerprint density at radius 2 is 2.10 bits per heavy atom. The third-order valence-corrected chi connectivity index (χ3v) is 5.56. The molecule has 4 nitrogen and oxygen atoms in total. The fourth-order valence-electron chi connectivity index (χ4n) is 2.40. The molecule has 0 radical (unpaired) electrons. The Morgan fingerprint density at radius 1 is 1.43 bits per heavy atom. The van der Waals surface area contributed by atoms with Crippen molar-refractivity contribution in [3.05, 3.63) is 28.3 Å². The summed E-state index contributed by atoms with van der Waals surface area (Å²) in [4.78, 5) is 12.1. The van der Waals surface area contributed by atoms with Crippen LogP contribution in [0.15, 0.2) is 17.0 Å². The molecule has 2 rings (SSSR count). The summed E-state index contributed by atoms with van der Waals surface area (Å²) in [6, 6.07) is 2.92. The Hall–Kier alpha value is -0.780.